The molecule has 0 unspecified atom stereocenters. The van der Waals surface area contributed by atoms with Crippen LogP contribution in [-0.2, 0) is 0 Å². The summed E-state index contributed by atoms with van der Waals surface area (Å²) in [5.74, 6) is -8.55. The highest BCUT2D eigenvalue weighted by Crippen LogP contribution is 2.18. The van der Waals surface area contributed by atoms with E-state index in [0.717, 1.165) is 0 Å². The second kappa shape index (κ2) is 5.18. The van der Waals surface area contributed by atoms with Crippen LogP contribution < -0.4 is 5.32 Å². The monoisotopic (exact) mass is 267 g/mol. The summed E-state index contributed by atoms with van der Waals surface area (Å²) in [6.07, 6.45) is 0. The van der Waals surface area contributed by atoms with Gasteiger partial charge in [0.2, 0.25) is 0 Å². The summed E-state index contributed by atoms with van der Waals surface area (Å²) in [5.41, 5.74) is -0.945. The fraction of sp³-hybridized carbons (Fsp3) is 0.100. The fourth-order valence-corrected chi connectivity index (χ4v) is 1.08. The van der Waals surface area contributed by atoms with Crippen molar-refractivity contribution in [3.63, 3.8) is 0 Å². The maximum absolute atomic E-state index is 13.1. The van der Waals surface area contributed by atoms with Gasteiger partial charge < -0.3 is 5.32 Å². The zero-order valence-electron chi connectivity index (χ0n) is 8.29. The molecule has 0 atom stereocenters. The normalized spacial score (nSPS) is 10.2. The van der Waals surface area contributed by atoms with E-state index in [-0.39, 0.29) is 17.6 Å². The molecule has 0 bridgehead atoms. The number of carbonyl (C=O) groups is 1. The van der Waals surface area contributed by atoms with E-state index in [1.54, 1.807) is 0 Å². The number of carbonyl (C=O) groups excluding carboxylic acids is 1. The van der Waals surface area contributed by atoms with Crippen LogP contribution in [0, 0.1) is 23.3 Å². The van der Waals surface area contributed by atoms with Gasteiger partial charge in [-0.25, -0.2) is 17.6 Å². The molecular weight excluding hydrogens is 262 g/mol. The maximum Gasteiger partial charge on any atom is 0.254 e. The third kappa shape index (κ3) is 2.97. The SMILES string of the molecule is C=C(Cl)CNC(=O)c1cc(F)c(F)c(F)c1F. The first kappa shape index (κ1) is 13.5. The van der Waals surface area contributed by atoms with Crippen molar-refractivity contribution in [3.8, 4) is 0 Å². The number of benzene rings is 1. The van der Waals surface area contributed by atoms with E-state index < -0.39 is 34.7 Å². The summed E-state index contributed by atoms with van der Waals surface area (Å²) in [5, 5.41) is 2.09. The Morgan fingerprint density at radius 2 is 1.82 bits per heavy atom. The van der Waals surface area contributed by atoms with Crippen LogP contribution >= 0.6 is 11.6 Å². The van der Waals surface area contributed by atoms with Crippen LogP contribution in [-0.4, -0.2) is 12.5 Å². The van der Waals surface area contributed by atoms with Crippen molar-refractivity contribution < 1.29 is 22.4 Å². The largest absolute Gasteiger partial charge is 0.347 e. The highest BCUT2D eigenvalue weighted by Gasteiger charge is 2.22. The van der Waals surface area contributed by atoms with Gasteiger partial charge in [-0.3, -0.25) is 4.79 Å². The molecule has 1 aromatic rings. The highest BCUT2D eigenvalue weighted by molar-refractivity contribution is 6.29. The highest BCUT2D eigenvalue weighted by atomic mass is 35.5. The standard InChI is InChI=1S/C10H6ClF4NO/c1-4(11)3-16-10(17)5-2-6(12)8(14)9(15)7(5)13/h2H,1,3H2,(H,16,17). The number of hydrogen-bond donors (Lipinski definition) is 1. The first-order chi connectivity index (χ1) is 7.84. The van der Waals surface area contributed by atoms with Gasteiger partial charge in [-0.15, -0.1) is 0 Å². The van der Waals surface area contributed by atoms with Crippen molar-refractivity contribution in [2.24, 2.45) is 0 Å². The van der Waals surface area contributed by atoms with Crippen molar-refractivity contribution in [1.29, 1.82) is 0 Å². The maximum atomic E-state index is 13.1. The lowest BCUT2D eigenvalue weighted by Gasteiger charge is -2.06. The molecule has 0 radical (unpaired) electrons. The molecule has 0 fully saturated rings. The summed E-state index contributed by atoms with van der Waals surface area (Å²) < 4.78 is 51.3. The second-order valence-corrected chi connectivity index (χ2v) is 3.58. The first-order valence-corrected chi connectivity index (χ1v) is 4.67. The van der Waals surface area contributed by atoms with E-state index in [4.69, 9.17) is 11.6 Å². The quantitative estimate of drug-likeness (QED) is 0.509. The number of halogens is 5. The molecule has 1 N–H and O–H groups in total. The molecule has 1 rings (SSSR count). The van der Waals surface area contributed by atoms with Crippen molar-refractivity contribution in [2.45, 2.75) is 0 Å². The average Bonchev–Trinajstić information content (AvgIpc) is 2.28. The zero-order chi connectivity index (χ0) is 13.2. The van der Waals surface area contributed by atoms with Crippen LogP contribution in [0.2, 0.25) is 0 Å². The van der Waals surface area contributed by atoms with E-state index in [9.17, 15) is 22.4 Å². The van der Waals surface area contributed by atoms with E-state index in [2.05, 4.69) is 6.58 Å². The lowest BCUT2D eigenvalue weighted by atomic mass is 10.1. The van der Waals surface area contributed by atoms with E-state index in [1.165, 1.54) is 0 Å². The van der Waals surface area contributed by atoms with Crippen molar-refractivity contribution in [2.75, 3.05) is 6.54 Å². The van der Waals surface area contributed by atoms with E-state index in [0.29, 0.717) is 0 Å². The van der Waals surface area contributed by atoms with Crippen LogP contribution in [0.15, 0.2) is 17.7 Å². The molecule has 17 heavy (non-hydrogen) atoms. The molecular formula is C10H6ClF4NO. The summed E-state index contributed by atoms with van der Waals surface area (Å²) in [7, 11) is 0. The van der Waals surface area contributed by atoms with Gasteiger partial charge >= 0.3 is 0 Å². The van der Waals surface area contributed by atoms with Crippen LogP contribution in [0.5, 0.6) is 0 Å². The van der Waals surface area contributed by atoms with Crippen molar-refractivity contribution >= 4 is 17.5 Å². The van der Waals surface area contributed by atoms with Gasteiger partial charge in [0.15, 0.2) is 23.3 Å². The summed E-state index contributed by atoms with van der Waals surface area (Å²) >= 11 is 5.33. The molecule has 0 aliphatic heterocycles. The number of nitrogens with one attached hydrogen (secondary N) is 1. The molecule has 0 saturated carbocycles. The number of hydrogen-bond acceptors (Lipinski definition) is 1. The third-order valence-electron chi connectivity index (χ3n) is 1.79. The molecule has 0 spiro atoms. The Morgan fingerprint density at radius 3 is 2.35 bits per heavy atom. The molecule has 0 aliphatic carbocycles. The van der Waals surface area contributed by atoms with Gasteiger partial charge in [-0.2, -0.15) is 0 Å². The predicted molar refractivity (Wildman–Crippen MR) is 53.6 cm³/mol. The van der Waals surface area contributed by atoms with Gasteiger partial charge in [0.25, 0.3) is 5.91 Å². The Hall–Kier alpha value is -1.56. The third-order valence-corrected chi connectivity index (χ3v) is 1.92. The molecule has 0 aromatic heterocycles. The fourth-order valence-electron chi connectivity index (χ4n) is 1.01. The topological polar surface area (TPSA) is 29.1 Å². The molecule has 1 aromatic carbocycles. The van der Waals surface area contributed by atoms with Crippen LogP contribution in [0.1, 0.15) is 10.4 Å². The minimum atomic E-state index is -2.04. The molecule has 0 heterocycles. The van der Waals surface area contributed by atoms with Gasteiger partial charge in [0.1, 0.15) is 0 Å². The second-order valence-electron chi connectivity index (χ2n) is 3.05. The van der Waals surface area contributed by atoms with Crippen molar-refractivity contribution in [3.05, 3.63) is 46.5 Å². The molecule has 7 heteroatoms. The van der Waals surface area contributed by atoms with Crippen LogP contribution in [0.4, 0.5) is 17.6 Å². The minimum Gasteiger partial charge on any atom is -0.347 e. The Balaban J connectivity index is 3.06. The predicted octanol–water partition coefficient (Wildman–Crippen LogP) is 2.73. The molecule has 0 aliphatic rings. The average molecular weight is 268 g/mol. The Bertz CT molecular complexity index is 490. The molecule has 1 amide bonds. The molecule has 2 nitrogen and oxygen atoms in total. The summed E-state index contributed by atoms with van der Waals surface area (Å²) in [6.45, 7) is 3.03. The van der Waals surface area contributed by atoms with E-state index in [1.807, 2.05) is 5.32 Å². The zero-order valence-corrected chi connectivity index (χ0v) is 9.05. The lowest BCUT2D eigenvalue weighted by molar-refractivity contribution is 0.0951. The van der Waals surface area contributed by atoms with Gasteiger partial charge in [-0.1, -0.05) is 18.2 Å². The number of rotatable bonds is 3. The smallest absolute Gasteiger partial charge is 0.254 e. The summed E-state index contributed by atoms with van der Waals surface area (Å²) in [4.78, 5) is 11.3. The Labute approximate surface area is 98.9 Å². The minimum absolute atomic E-state index is 0.0433. The van der Waals surface area contributed by atoms with Crippen molar-refractivity contribution in [1.82, 2.24) is 5.32 Å². The lowest BCUT2D eigenvalue weighted by Crippen LogP contribution is -2.26. The van der Waals surface area contributed by atoms with Gasteiger partial charge in [0, 0.05) is 5.03 Å². The van der Waals surface area contributed by atoms with Crippen LogP contribution in [0.3, 0.4) is 0 Å². The van der Waals surface area contributed by atoms with Crippen LogP contribution in [0.25, 0.3) is 0 Å². The number of amides is 1. The summed E-state index contributed by atoms with van der Waals surface area (Å²) in [6, 6.07) is 0.264. The first-order valence-electron chi connectivity index (χ1n) is 4.29. The van der Waals surface area contributed by atoms with E-state index >= 15 is 0 Å². The Morgan fingerprint density at radius 1 is 1.24 bits per heavy atom. The van der Waals surface area contributed by atoms with Gasteiger partial charge in [0.05, 0.1) is 12.1 Å². The Kier molecular flexibility index (Phi) is 4.11. The molecule has 0 saturated heterocycles. The van der Waals surface area contributed by atoms with Gasteiger partial charge in [-0.05, 0) is 6.07 Å². The molecule has 92 valence electrons.